The van der Waals surface area contributed by atoms with Gasteiger partial charge in [-0.15, -0.1) is 0 Å². The Morgan fingerprint density at radius 2 is 0.694 bits per heavy atom. The summed E-state index contributed by atoms with van der Waals surface area (Å²) in [5, 5.41) is 0. The minimum Gasteiger partial charge on any atom is -0.496 e. The molecule has 2 aliphatic heterocycles. The molecule has 2 fully saturated rings. The summed E-state index contributed by atoms with van der Waals surface area (Å²) in [5.74, 6) is 3.41. The number of hydrogen-bond donors (Lipinski definition) is 0. The number of hydrogen-bond acceptors (Lipinski definition) is 8. The summed E-state index contributed by atoms with van der Waals surface area (Å²) < 4.78 is 23.1. The molecule has 0 unspecified atom stereocenters. The van der Waals surface area contributed by atoms with Crippen LogP contribution in [0.2, 0.25) is 0 Å². The van der Waals surface area contributed by atoms with E-state index in [1.54, 1.807) is 28.4 Å². The molecule has 0 N–H and O–H groups in total. The van der Waals surface area contributed by atoms with Crippen molar-refractivity contribution in [2.45, 2.75) is 25.7 Å². The number of ether oxygens (including phenoxy) is 4. The lowest BCUT2D eigenvalue weighted by atomic mass is 10.1. The summed E-state index contributed by atoms with van der Waals surface area (Å²) in [5.41, 5.74) is 12.3. The molecule has 2 aliphatic rings. The summed E-state index contributed by atoms with van der Waals surface area (Å²) in [6, 6.07) is 33.5. The Balaban J connectivity index is 0.889. The third-order valence-corrected chi connectivity index (χ3v) is 11.5. The van der Waals surface area contributed by atoms with Crippen molar-refractivity contribution in [3.05, 3.63) is 154 Å². The maximum atomic E-state index is 5.78. The summed E-state index contributed by atoms with van der Waals surface area (Å²) in [7, 11) is 6.90. The summed E-state index contributed by atoms with van der Waals surface area (Å²) in [6.07, 6.45) is 25.3. The molecule has 2 saturated heterocycles. The Bertz CT molecular complexity index is 2400. The zero-order chi connectivity index (χ0) is 42.7. The van der Waals surface area contributed by atoms with E-state index in [-0.39, 0.29) is 0 Å². The van der Waals surface area contributed by atoms with E-state index in [9.17, 15) is 0 Å². The number of pyridine rings is 2. The topological polar surface area (TPSA) is 69.2 Å². The van der Waals surface area contributed by atoms with E-state index in [1.165, 1.54) is 25.7 Å². The van der Waals surface area contributed by atoms with Crippen LogP contribution < -0.4 is 28.7 Å². The SMILES string of the molecule is COc1cc(N2CCCC2)c(OC)cc1/C=C/c1ccc(/C=C/c2ccnc(-c3cc(/C=C/c4ccc(/C=C/c5cc(OC)c(N6CCCC6)cc5OC)cc4)ccn3)c2)cc1. The van der Waals surface area contributed by atoms with Crippen molar-refractivity contribution in [3.8, 4) is 34.4 Å². The number of methoxy groups -OCH3 is 4. The predicted molar refractivity (Wildman–Crippen MR) is 258 cm³/mol. The second kappa shape index (κ2) is 20.0. The first-order valence-corrected chi connectivity index (χ1v) is 21.4. The van der Waals surface area contributed by atoms with Gasteiger partial charge in [-0.05, 0) is 95.5 Å². The maximum absolute atomic E-state index is 5.78. The summed E-state index contributed by atoms with van der Waals surface area (Å²) in [6.45, 7) is 4.18. The molecule has 0 aliphatic carbocycles. The first-order chi connectivity index (χ1) is 30.5. The fourth-order valence-corrected chi connectivity index (χ4v) is 8.06. The lowest BCUT2D eigenvalue weighted by Gasteiger charge is -2.22. The highest BCUT2D eigenvalue weighted by atomic mass is 16.5. The van der Waals surface area contributed by atoms with Crippen molar-refractivity contribution in [2.24, 2.45) is 0 Å². The molecule has 4 heterocycles. The van der Waals surface area contributed by atoms with Gasteiger partial charge in [-0.1, -0.05) is 97.1 Å². The van der Waals surface area contributed by atoms with Crippen LogP contribution in [0, 0.1) is 0 Å². The van der Waals surface area contributed by atoms with E-state index in [0.717, 1.165) is 116 Å². The van der Waals surface area contributed by atoms with Gasteiger partial charge < -0.3 is 28.7 Å². The Labute approximate surface area is 366 Å². The normalized spacial score (nSPS) is 14.3. The van der Waals surface area contributed by atoms with Crippen molar-refractivity contribution in [3.63, 3.8) is 0 Å². The third kappa shape index (κ3) is 10.1. The van der Waals surface area contributed by atoms with E-state index in [4.69, 9.17) is 18.9 Å². The van der Waals surface area contributed by atoms with Gasteiger partial charge in [-0.2, -0.15) is 0 Å². The minimum absolute atomic E-state index is 0.819. The van der Waals surface area contributed by atoms with E-state index >= 15 is 0 Å². The molecule has 4 aromatic carbocycles. The van der Waals surface area contributed by atoms with Gasteiger partial charge in [-0.25, -0.2) is 0 Å². The average molecular weight is 823 g/mol. The zero-order valence-corrected chi connectivity index (χ0v) is 36.1. The Morgan fingerprint density at radius 3 is 1.03 bits per heavy atom. The number of benzene rings is 4. The highest BCUT2D eigenvalue weighted by Gasteiger charge is 2.20. The summed E-state index contributed by atoms with van der Waals surface area (Å²) >= 11 is 0. The van der Waals surface area contributed by atoms with Crippen LogP contribution in [0.5, 0.6) is 23.0 Å². The van der Waals surface area contributed by atoms with Crippen LogP contribution in [-0.2, 0) is 0 Å². The molecule has 2 aromatic heterocycles. The highest BCUT2D eigenvalue weighted by molar-refractivity contribution is 5.80. The second-order valence-corrected chi connectivity index (χ2v) is 15.5. The van der Waals surface area contributed by atoms with Crippen LogP contribution in [-0.4, -0.2) is 64.6 Å². The second-order valence-electron chi connectivity index (χ2n) is 15.5. The van der Waals surface area contributed by atoms with Crippen LogP contribution in [0.1, 0.15) is 70.2 Å². The van der Waals surface area contributed by atoms with Gasteiger partial charge in [0.25, 0.3) is 0 Å². The molecule has 0 bridgehead atoms. The first-order valence-electron chi connectivity index (χ1n) is 21.4. The Kier molecular flexibility index (Phi) is 13.4. The molecule has 8 rings (SSSR count). The van der Waals surface area contributed by atoms with Crippen molar-refractivity contribution in [1.29, 1.82) is 0 Å². The average Bonchev–Trinajstić information content (AvgIpc) is 4.08. The van der Waals surface area contributed by atoms with Crippen molar-refractivity contribution >= 4 is 60.0 Å². The molecule has 62 heavy (non-hydrogen) atoms. The molecule has 0 radical (unpaired) electrons. The Morgan fingerprint density at radius 1 is 0.371 bits per heavy atom. The fourth-order valence-electron chi connectivity index (χ4n) is 8.06. The quantitative estimate of drug-likeness (QED) is 0.0949. The van der Waals surface area contributed by atoms with Gasteiger partial charge in [-0.3, -0.25) is 9.97 Å². The Hall–Kier alpha value is -7.06. The molecule has 0 atom stereocenters. The number of nitrogens with zero attached hydrogens (tertiary/aromatic N) is 4. The minimum atomic E-state index is 0.819. The standard InChI is InChI=1S/C54H54N4O4/c1-59-51-37-49(57-29-5-6-30-57)53(61-3)35-45(51)23-21-41-13-9-39(10-14-41)17-19-43-25-27-55-47(33-43)48-34-44(26-28-56-48)20-18-40-11-15-42(16-12-40)22-24-46-36-54(62-4)50(38-52(46)60-2)58-31-7-8-32-58/h9-28,33-38H,5-8,29-32H2,1-4H3/b19-17+,20-18+,23-21+,24-22+. The molecule has 0 saturated carbocycles. The van der Waals surface area contributed by atoms with Crippen LogP contribution in [0.4, 0.5) is 11.4 Å². The molecule has 6 aromatic rings. The van der Waals surface area contributed by atoms with E-state index in [0.29, 0.717) is 0 Å². The highest BCUT2D eigenvalue weighted by Crippen LogP contribution is 2.39. The van der Waals surface area contributed by atoms with Gasteiger partial charge in [0.1, 0.15) is 23.0 Å². The summed E-state index contributed by atoms with van der Waals surface area (Å²) in [4.78, 5) is 14.0. The van der Waals surface area contributed by atoms with Gasteiger partial charge in [0.05, 0.1) is 51.2 Å². The molecule has 8 heteroatoms. The van der Waals surface area contributed by atoms with E-state index < -0.39 is 0 Å². The van der Waals surface area contributed by atoms with Crippen LogP contribution >= 0.6 is 0 Å². The fraction of sp³-hybridized carbons (Fsp3) is 0.222. The zero-order valence-electron chi connectivity index (χ0n) is 36.1. The molecule has 0 spiro atoms. The molecule has 8 nitrogen and oxygen atoms in total. The van der Waals surface area contributed by atoms with Gasteiger partial charge in [0.2, 0.25) is 0 Å². The molecule has 0 amide bonds. The van der Waals surface area contributed by atoms with Gasteiger partial charge >= 0.3 is 0 Å². The van der Waals surface area contributed by atoms with Crippen LogP contribution in [0.15, 0.2) is 109 Å². The lowest BCUT2D eigenvalue weighted by molar-refractivity contribution is 0.402. The van der Waals surface area contributed by atoms with Crippen molar-refractivity contribution in [1.82, 2.24) is 9.97 Å². The monoisotopic (exact) mass is 822 g/mol. The molecule has 314 valence electrons. The van der Waals surface area contributed by atoms with Gasteiger partial charge in [0.15, 0.2) is 0 Å². The van der Waals surface area contributed by atoms with E-state index in [2.05, 4.69) is 153 Å². The number of rotatable bonds is 15. The third-order valence-electron chi connectivity index (χ3n) is 11.5. The first kappa shape index (κ1) is 41.7. The predicted octanol–water partition coefficient (Wildman–Crippen LogP) is 12.1. The van der Waals surface area contributed by atoms with Crippen LogP contribution in [0.3, 0.4) is 0 Å². The van der Waals surface area contributed by atoms with Gasteiger partial charge in [0, 0.05) is 61.8 Å². The number of anilines is 2. The van der Waals surface area contributed by atoms with E-state index in [1.807, 2.05) is 24.5 Å². The largest absolute Gasteiger partial charge is 0.496 e. The van der Waals surface area contributed by atoms with Crippen molar-refractivity contribution < 1.29 is 18.9 Å². The smallest absolute Gasteiger partial charge is 0.143 e. The maximum Gasteiger partial charge on any atom is 0.143 e. The van der Waals surface area contributed by atoms with Crippen molar-refractivity contribution in [2.75, 3.05) is 64.4 Å². The number of aromatic nitrogens is 2. The lowest BCUT2D eigenvalue weighted by Crippen LogP contribution is -2.18. The molecular formula is C54H54N4O4. The molecular weight excluding hydrogens is 769 g/mol. The van der Waals surface area contributed by atoms with Crippen LogP contribution in [0.25, 0.3) is 60.0 Å².